The molecule has 9 heteroatoms. The minimum absolute atomic E-state index is 0.185. The van der Waals surface area contributed by atoms with Gasteiger partial charge in [-0.1, -0.05) is 67.1 Å². The Morgan fingerprint density at radius 3 is 2.25 bits per heavy atom. The molecule has 0 N–H and O–H groups in total. The molecule has 1 amide bonds. The van der Waals surface area contributed by atoms with E-state index in [0.717, 1.165) is 28.6 Å². The third-order valence-corrected chi connectivity index (χ3v) is 8.87. The van der Waals surface area contributed by atoms with Crippen molar-refractivity contribution in [3.05, 3.63) is 88.9 Å². The number of hydrogen-bond acceptors (Lipinski definition) is 5. The van der Waals surface area contributed by atoms with Crippen molar-refractivity contribution in [3.8, 4) is 0 Å². The van der Waals surface area contributed by atoms with Gasteiger partial charge in [0.1, 0.15) is 0 Å². The molecule has 0 bridgehead atoms. The fraction of sp³-hybridized carbons (Fsp3) is 0.259. The van der Waals surface area contributed by atoms with Crippen molar-refractivity contribution in [2.75, 3.05) is 18.0 Å². The van der Waals surface area contributed by atoms with Gasteiger partial charge in [0, 0.05) is 23.7 Å². The number of thiazole rings is 1. The van der Waals surface area contributed by atoms with Crippen molar-refractivity contribution in [1.29, 1.82) is 0 Å². The summed E-state index contributed by atoms with van der Waals surface area (Å²) < 4.78 is 28.6. The molecule has 0 saturated carbocycles. The van der Waals surface area contributed by atoms with Gasteiger partial charge in [0.2, 0.25) is 10.0 Å². The lowest BCUT2D eigenvalue weighted by Crippen LogP contribution is -2.33. The van der Waals surface area contributed by atoms with Crippen LogP contribution in [-0.2, 0) is 16.6 Å². The molecule has 0 spiro atoms. The van der Waals surface area contributed by atoms with E-state index in [9.17, 15) is 13.2 Å². The summed E-state index contributed by atoms with van der Waals surface area (Å²) in [5, 5.41) is 1.16. The predicted octanol–water partition coefficient (Wildman–Crippen LogP) is 6.61. The number of aromatic nitrogens is 1. The molecule has 1 heterocycles. The first-order valence-electron chi connectivity index (χ1n) is 11.9. The third-order valence-electron chi connectivity index (χ3n) is 5.68. The number of rotatable bonds is 10. The molecule has 0 unspecified atom stereocenters. The van der Waals surface area contributed by atoms with Gasteiger partial charge in [-0.15, -0.1) is 0 Å². The highest BCUT2D eigenvalue weighted by Gasteiger charge is 2.25. The molecule has 0 aliphatic heterocycles. The summed E-state index contributed by atoms with van der Waals surface area (Å²) in [5.74, 6) is -0.257. The van der Waals surface area contributed by atoms with Crippen LogP contribution in [0.5, 0.6) is 0 Å². The molecule has 4 aromatic rings. The fourth-order valence-electron chi connectivity index (χ4n) is 3.92. The highest BCUT2D eigenvalue weighted by molar-refractivity contribution is 7.89. The number of carbonyl (C=O) groups is 1. The van der Waals surface area contributed by atoms with Gasteiger partial charge in [0.05, 0.1) is 21.7 Å². The summed E-state index contributed by atoms with van der Waals surface area (Å²) in [6, 6.07) is 21.3. The summed E-state index contributed by atoms with van der Waals surface area (Å²) in [7, 11) is -3.62. The summed E-state index contributed by atoms with van der Waals surface area (Å²) in [5.41, 5.74) is 2.11. The molecule has 36 heavy (non-hydrogen) atoms. The lowest BCUT2D eigenvalue weighted by molar-refractivity contribution is 0.0985. The van der Waals surface area contributed by atoms with E-state index in [1.54, 1.807) is 23.1 Å². The number of carbonyl (C=O) groups excluding carboxylic acids is 1. The summed E-state index contributed by atoms with van der Waals surface area (Å²) in [6.45, 7) is 5.16. The molecule has 0 aliphatic rings. The van der Waals surface area contributed by atoms with E-state index in [-0.39, 0.29) is 10.8 Å². The van der Waals surface area contributed by atoms with Crippen LogP contribution in [0.3, 0.4) is 0 Å². The lowest BCUT2D eigenvalue weighted by atomic mass is 10.1. The number of halogens is 1. The van der Waals surface area contributed by atoms with Gasteiger partial charge in [-0.05, 0) is 60.9 Å². The van der Waals surface area contributed by atoms with E-state index in [1.165, 1.54) is 27.8 Å². The maximum absolute atomic E-state index is 13.7. The number of anilines is 1. The molecule has 4 rings (SSSR count). The molecule has 0 aliphatic carbocycles. The van der Waals surface area contributed by atoms with E-state index >= 15 is 0 Å². The van der Waals surface area contributed by atoms with E-state index in [0.29, 0.717) is 35.4 Å². The molecule has 6 nitrogen and oxygen atoms in total. The second-order valence-electron chi connectivity index (χ2n) is 8.41. The number of fused-ring (bicyclic) bond motifs is 1. The zero-order chi connectivity index (χ0) is 25.7. The third kappa shape index (κ3) is 5.78. The second-order valence-corrected chi connectivity index (χ2v) is 11.8. The number of nitrogens with zero attached hydrogens (tertiary/aromatic N) is 3. The van der Waals surface area contributed by atoms with E-state index in [1.807, 2.05) is 56.3 Å². The predicted molar refractivity (Wildman–Crippen MR) is 147 cm³/mol. The molecule has 0 saturated heterocycles. The smallest absolute Gasteiger partial charge is 0.260 e. The van der Waals surface area contributed by atoms with Crippen LogP contribution in [0.25, 0.3) is 10.2 Å². The summed E-state index contributed by atoms with van der Waals surface area (Å²) >= 11 is 7.55. The van der Waals surface area contributed by atoms with Crippen LogP contribution in [0, 0.1) is 0 Å². The summed E-state index contributed by atoms with van der Waals surface area (Å²) in [6.07, 6.45) is 1.47. The van der Waals surface area contributed by atoms with Crippen molar-refractivity contribution in [2.24, 2.45) is 0 Å². The van der Waals surface area contributed by atoms with E-state index in [2.05, 4.69) is 4.98 Å². The maximum atomic E-state index is 13.7. The van der Waals surface area contributed by atoms with Crippen LogP contribution in [-0.4, -0.2) is 36.7 Å². The average molecular weight is 542 g/mol. The van der Waals surface area contributed by atoms with Crippen LogP contribution in [0.15, 0.2) is 77.7 Å². The van der Waals surface area contributed by atoms with E-state index < -0.39 is 10.0 Å². The Labute approximate surface area is 221 Å². The number of benzene rings is 3. The Balaban J connectivity index is 1.67. The Morgan fingerprint density at radius 2 is 1.61 bits per heavy atom. The van der Waals surface area contributed by atoms with Crippen molar-refractivity contribution >= 4 is 54.2 Å². The van der Waals surface area contributed by atoms with Crippen LogP contribution >= 0.6 is 22.9 Å². The Morgan fingerprint density at radius 1 is 0.944 bits per heavy atom. The highest BCUT2D eigenvalue weighted by Crippen LogP contribution is 2.32. The molecular formula is C27H28ClN3O3S2. The van der Waals surface area contributed by atoms with Gasteiger partial charge in [-0.3, -0.25) is 9.69 Å². The molecule has 0 atom stereocenters. The molecular weight excluding hydrogens is 514 g/mol. The Kier molecular flexibility index (Phi) is 8.41. The maximum Gasteiger partial charge on any atom is 0.260 e. The first-order chi connectivity index (χ1) is 17.3. The van der Waals surface area contributed by atoms with E-state index in [4.69, 9.17) is 11.6 Å². The quantitative estimate of drug-likeness (QED) is 0.226. The zero-order valence-electron chi connectivity index (χ0n) is 20.2. The van der Waals surface area contributed by atoms with Crippen LogP contribution in [0.2, 0.25) is 5.02 Å². The van der Waals surface area contributed by atoms with Gasteiger partial charge < -0.3 is 0 Å². The minimum atomic E-state index is -3.62. The Bertz CT molecular complexity index is 1430. The van der Waals surface area contributed by atoms with Gasteiger partial charge in [0.25, 0.3) is 5.91 Å². The van der Waals surface area contributed by atoms with Gasteiger partial charge in [0.15, 0.2) is 5.13 Å². The number of amides is 1. The fourth-order valence-corrected chi connectivity index (χ4v) is 6.78. The number of hydrogen-bond donors (Lipinski definition) is 0. The number of sulfonamides is 1. The van der Waals surface area contributed by atoms with Crippen LogP contribution in [0.4, 0.5) is 5.13 Å². The topological polar surface area (TPSA) is 70.6 Å². The molecule has 1 aromatic heterocycles. The van der Waals surface area contributed by atoms with Gasteiger partial charge in [-0.25, -0.2) is 13.4 Å². The standard InChI is InChI=1S/C27H28ClN3O3S2/c1-3-16-30(17-4-2)36(33,34)23-13-10-21(11-14-23)26(32)31(19-20-8-6-5-7-9-20)27-29-24-15-12-22(28)18-25(24)35-27/h5-15,18H,3-4,16-17,19H2,1-2H3. The van der Waals surface area contributed by atoms with Gasteiger partial charge in [-0.2, -0.15) is 4.31 Å². The summed E-state index contributed by atoms with van der Waals surface area (Å²) in [4.78, 5) is 20.2. The lowest BCUT2D eigenvalue weighted by Gasteiger charge is -2.22. The SMILES string of the molecule is CCCN(CCC)S(=O)(=O)c1ccc(C(=O)N(Cc2ccccc2)c2nc3ccc(Cl)cc3s2)cc1. The van der Waals surface area contributed by atoms with Crippen molar-refractivity contribution in [2.45, 2.75) is 38.1 Å². The molecule has 3 aromatic carbocycles. The molecule has 0 radical (unpaired) electrons. The minimum Gasteiger partial charge on any atom is -0.279 e. The molecule has 0 fully saturated rings. The van der Waals surface area contributed by atoms with Gasteiger partial charge >= 0.3 is 0 Å². The highest BCUT2D eigenvalue weighted by atomic mass is 35.5. The first-order valence-corrected chi connectivity index (χ1v) is 14.5. The van der Waals surface area contributed by atoms with Crippen molar-refractivity contribution in [1.82, 2.24) is 9.29 Å². The monoisotopic (exact) mass is 541 g/mol. The Hall–Kier alpha value is -2.78. The van der Waals surface area contributed by atoms with Crippen LogP contribution in [0.1, 0.15) is 42.6 Å². The first kappa shape index (κ1) is 26.3. The largest absolute Gasteiger partial charge is 0.279 e. The second kappa shape index (κ2) is 11.5. The average Bonchev–Trinajstić information content (AvgIpc) is 3.30. The normalized spacial score (nSPS) is 11.8. The zero-order valence-corrected chi connectivity index (χ0v) is 22.6. The molecule has 188 valence electrons. The van der Waals surface area contributed by atoms with Crippen LogP contribution < -0.4 is 4.90 Å². The van der Waals surface area contributed by atoms with Crippen molar-refractivity contribution in [3.63, 3.8) is 0 Å². The van der Waals surface area contributed by atoms with Crippen molar-refractivity contribution < 1.29 is 13.2 Å².